The maximum absolute atomic E-state index is 11.4. The average molecular weight is 585 g/mol. The van der Waals surface area contributed by atoms with Crippen LogP contribution in [0.25, 0.3) is 0 Å². The first-order valence-corrected chi connectivity index (χ1v) is 14.7. The molecule has 2 fully saturated rings. The first-order valence-electron chi connectivity index (χ1n) is 13.6. The Kier molecular flexibility index (Phi) is 9.25. The Labute approximate surface area is 244 Å². The number of nitrogens with one attached hydrogen (secondary N) is 3. The van der Waals surface area contributed by atoms with Gasteiger partial charge in [0, 0.05) is 64.1 Å². The second-order valence-corrected chi connectivity index (χ2v) is 11.3. The third-order valence-electron chi connectivity index (χ3n) is 7.61. The number of hydrogen-bond donors (Lipinski definition) is 4. The first kappa shape index (κ1) is 28.4. The Balaban J connectivity index is 1.31. The number of benzene rings is 2. The van der Waals surface area contributed by atoms with Crippen LogP contribution in [0.3, 0.4) is 0 Å². The highest BCUT2D eigenvalue weighted by molar-refractivity contribution is 7.67. The van der Waals surface area contributed by atoms with E-state index in [-0.39, 0.29) is 11.9 Å². The van der Waals surface area contributed by atoms with Crippen LogP contribution in [0.15, 0.2) is 42.6 Å². The molecule has 3 aromatic rings. The SMILES string of the molecule is COc1cc(N2CCC(N3CCNCC3)CC2)c(C)cc1Nc1ncc(Cl)c(Nc2ccccc2N(C)[SH]=O)n1. The molecule has 214 valence electrons. The van der Waals surface area contributed by atoms with Gasteiger partial charge in [0.05, 0.1) is 30.4 Å². The summed E-state index contributed by atoms with van der Waals surface area (Å²) in [6.07, 6.45) is 3.89. The number of ether oxygens (including phenoxy) is 1. The molecule has 3 heterocycles. The molecule has 2 saturated heterocycles. The largest absolute Gasteiger partial charge is 0.494 e. The number of thiol groups is 1. The highest BCUT2D eigenvalue weighted by Crippen LogP contribution is 2.37. The number of piperidine rings is 1. The number of aryl methyl sites for hydroxylation is 1. The average Bonchev–Trinajstić information content (AvgIpc) is 2.99. The molecular weight excluding hydrogens is 548 g/mol. The molecule has 12 heteroatoms. The number of hydrogen-bond acceptors (Lipinski definition) is 9. The van der Waals surface area contributed by atoms with Gasteiger partial charge < -0.3 is 25.6 Å². The van der Waals surface area contributed by atoms with Gasteiger partial charge in [-0.15, -0.1) is 0 Å². The standard InChI is InChI=1S/C28H37ClN8O2S/c1-19-16-23(26(39-3)17-25(19)37-12-8-20(9-13-37)36-14-10-30-11-15-36)33-28-31-18-21(29)27(34-28)32-22-6-4-5-7-24(22)35(2)40-38/h4-7,16-18,20,30,40H,8-15H2,1-3H3,(H2,31,32,33,34). The van der Waals surface area contributed by atoms with Crippen LogP contribution in [0.1, 0.15) is 18.4 Å². The van der Waals surface area contributed by atoms with Crippen LogP contribution >= 0.6 is 11.6 Å². The van der Waals surface area contributed by atoms with E-state index in [1.54, 1.807) is 24.7 Å². The molecule has 0 bridgehead atoms. The molecule has 10 nitrogen and oxygen atoms in total. The third-order valence-corrected chi connectivity index (χ3v) is 8.35. The summed E-state index contributed by atoms with van der Waals surface area (Å²) in [5, 5.41) is 10.4. The molecule has 0 saturated carbocycles. The van der Waals surface area contributed by atoms with Crippen molar-refractivity contribution in [2.24, 2.45) is 0 Å². The van der Waals surface area contributed by atoms with Crippen molar-refractivity contribution in [3.63, 3.8) is 0 Å². The summed E-state index contributed by atoms with van der Waals surface area (Å²) in [6, 6.07) is 12.4. The zero-order valence-corrected chi connectivity index (χ0v) is 24.8. The Morgan fingerprint density at radius 1 is 1.10 bits per heavy atom. The molecule has 3 N–H and O–H groups in total. The van der Waals surface area contributed by atoms with E-state index in [2.05, 4.69) is 54.8 Å². The second kappa shape index (κ2) is 13.0. The number of aromatic nitrogens is 2. The van der Waals surface area contributed by atoms with Gasteiger partial charge in [0.1, 0.15) is 22.6 Å². The monoisotopic (exact) mass is 584 g/mol. The van der Waals surface area contributed by atoms with E-state index in [1.165, 1.54) is 18.5 Å². The quantitative estimate of drug-likeness (QED) is 0.277. The summed E-state index contributed by atoms with van der Waals surface area (Å²) < 4.78 is 18.8. The number of rotatable bonds is 9. The van der Waals surface area contributed by atoms with E-state index < -0.39 is 0 Å². The van der Waals surface area contributed by atoms with E-state index in [0.717, 1.165) is 67.6 Å². The first-order chi connectivity index (χ1) is 19.5. The smallest absolute Gasteiger partial charge is 0.229 e. The Bertz CT molecular complexity index is 1330. The van der Waals surface area contributed by atoms with Crippen LogP contribution in [0.4, 0.5) is 34.5 Å². The summed E-state index contributed by atoms with van der Waals surface area (Å²) in [7, 11) is 3.41. The van der Waals surface area contributed by atoms with Crippen molar-refractivity contribution < 1.29 is 8.95 Å². The van der Waals surface area contributed by atoms with Crippen molar-refractivity contribution in [1.82, 2.24) is 20.2 Å². The molecule has 40 heavy (non-hydrogen) atoms. The molecule has 2 aromatic carbocycles. The van der Waals surface area contributed by atoms with Gasteiger partial charge in [0.25, 0.3) is 0 Å². The summed E-state index contributed by atoms with van der Waals surface area (Å²) >= 11 is 6.32. The molecule has 5 rings (SSSR count). The number of piperazine rings is 1. The summed E-state index contributed by atoms with van der Waals surface area (Å²) in [5.41, 5.74) is 4.59. The van der Waals surface area contributed by atoms with Crippen molar-refractivity contribution in [2.45, 2.75) is 25.8 Å². The number of methoxy groups -OCH3 is 1. The Morgan fingerprint density at radius 2 is 1.85 bits per heavy atom. The van der Waals surface area contributed by atoms with Crippen LogP contribution < -0.4 is 29.9 Å². The lowest BCUT2D eigenvalue weighted by Gasteiger charge is -2.41. The van der Waals surface area contributed by atoms with Crippen LogP contribution in [0.2, 0.25) is 5.02 Å². The van der Waals surface area contributed by atoms with Gasteiger partial charge in [0.2, 0.25) is 5.95 Å². The van der Waals surface area contributed by atoms with Crippen molar-refractivity contribution in [2.75, 3.05) is 73.3 Å². The van der Waals surface area contributed by atoms with Crippen molar-refractivity contribution in [3.8, 4) is 5.75 Å². The second-order valence-electron chi connectivity index (χ2n) is 10.1. The van der Waals surface area contributed by atoms with Gasteiger partial charge >= 0.3 is 0 Å². The lowest BCUT2D eigenvalue weighted by atomic mass is 10.0. The molecule has 2 aliphatic rings. The van der Waals surface area contributed by atoms with Gasteiger partial charge in [-0.2, -0.15) is 4.98 Å². The topological polar surface area (TPSA) is 97.9 Å². The zero-order chi connectivity index (χ0) is 28.1. The predicted molar refractivity (Wildman–Crippen MR) is 165 cm³/mol. The Hall–Kier alpha value is -3.12. The highest BCUT2D eigenvalue weighted by atomic mass is 35.5. The van der Waals surface area contributed by atoms with Gasteiger partial charge in [-0.1, -0.05) is 23.7 Å². The maximum Gasteiger partial charge on any atom is 0.229 e. The van der Waals surface area contributed by atoms with Crippen LogP contribution in [0, 0.1) is 6.92 Å². The molecule has 0 spiro atoms. The molecule has 2 aliphatic heterocycles. The third kappa shape index (κ3) is 6.43. The minimum atomic E-state index is -0.120. The van der Waals surface area contributed by atoms with Gasteiger partial charge in [-0.05, 0) is 43.5 Å². The molecule has 1 aromatic heterocycles. The lowest BCUT2D eigenvalue weighted by molar-refractivity contribution is 0.150. The fourth-order valence-corrected chi connectivity index (χ4v) is 5.87. The van der Waals surface area contributed by atoms with E-state index in [0.29, 0.717) is 22.8 Å². The van der Waals surface area contributed by atoms with Gasteiger partial charge in [-0.3, -0.25) is 9.21 Å². The highest BCUT2D eigenvalue weighted by Gasteiger charge is 2.26. The number of halogens is 1. The van der Waals surface area contributed by atoms with Gasteiger partial charge in [0.15, 0.2) is 5.82 Å². The molecule has 0 atom stereocenters. The number of anilines is 6. The van der Waals surface area contributed by atoms with E-state index in [9.17, 15) is 4.21 Å². The van der Waals surface area contributed by atoms with Crippen LogP contribution in [-0.4, -0.2) is 78.5 Å². The van der Waals surface area contributed by atoms with Crippen LogP contribution in [0.5, 0.6) is 5.75 Å². The fraction of sp³-hybridized carbons (Fsp3) is 0.429. The fourth-order valence-electron chi connectivity index (χ4n) is 5.47. The Morgan fingerprint density at radius 3 is 2.58 bits per heavy atom. The van der Waals surface area contributed by atoms with Crippen molar-refractivity contribution >= 4 is 58.0 Å². The summed E-state index contributed by atoms with van der Waals surface area (Å²) in [4.78, 5) is 14.1. The minimum Gasteiger partial charge on any atom is -0.494 e. The maximum atomic E-state index is 11.4. The number of nitrogens with zero attached hydrogens (tertiary/aromatic N) is 5. The van der Waals surface area contributed by atoms with E-state index in [1.807, 2.05) is 24.3 Å². The van der Waals surface area contributed by atoms with Gasteiger partial charge in [-0.25, -0.2) is 9.19 Å². The van der Waals surface area contributed by atoms with Crippen LogP contribution in [-0.2, 0) is 11.9 Å². The van der Waals surface area contributed by atoms with Crippen molar-refractivity contribution in [3.05, 3.63) is 53.2 Å². The van der Waals surface area contributed by atoms with E-state index >= 15 is 0 Å². The molecule has 0 amide bonds. The number of para-hydroxylation sites is 2. The molecule has 0 radical (unpaired) electrons. The molecule has 0 aliphatic carbocycles. The summed E-state index contributed by atoms with van der Waals surface area (Å²) in [5.74, 6) is 1.53. The summed E-state index contributed by atoms with van der Waals surface area (Å²) in [6.45, 7) is 8.65. The zero-order valence-electron chi connectivity index (χ0n) is 23.2. The van der Waals surface area contributed by atoms with Crippen molar-refractivity contribution in [1.29, 1.82) is 0 Å². The molecular formula is C28H37ClN8O2S. The minimum absolute atomic E-state index is 0.120. The predicted octanol–water partition coefficient (Wildman–Crippen LogP) is 4.10. The lowest BCUT2D eigenvalue weighted by Crippen LogP contribution is -2.52. The van der Waals surface area contributed by atoms with E-state index in [4.69, 9.17) is 16.3 Å². The normalized spacial score (nSPS) is 16.6. The molecule has 0 unspecified atom stereocenters.